The third kappa shape index (κ3) is 3.28. The SMILES string of the molecule is C=C(O)CCc1c(C)[nH]c(/C=C2\C(=O)Nc3ccc4c(c32)CCOS4(=O)=O)c1C. The van der Waals surface area contributed by atoms with E-state index in [-0.39, 0.29) is 23.2 Å². The standard InChI is InChI=1S/C21H22N2O5S/c1-11(24)4-5-14-12(2)18(22-13(14)3)10-16-20-15-8-9-28-29(26,27)19(15)7-6-17(20)23-21(16)25/h6-7,10,22,24H,1,4-5,8-9H2,2-3H3,(H,23,25)/b16-10-. The first-order valence-electron chi connectivity index (χ1n) is 9.32. The molecule has 0 spiro atoms. The van der Waals surface area contributed by atoms with Gasteiger partial charge in [0.1, 0.15) is 0 Å². The molecule has 1 aromatic carbocycles. The number of aliphatic hydroxyl groups is 1. The van der Waals surface area contributed by atoms with Gasteiger partial charge in [0.15, 0.2) is 0 Å². The molecule has 0 saturated carbocycles. The summed E-state index contributed by atoms with van der Waals surface area (Å²) in [7, 11) is -3.81. The molecule has 1 amide bonds. The summed E-state index contributed by atoms with van der Waals surface area (Å²) in [5.41, 5.74) is 6.06. The number of aromatic amines is 1. The second kappa shape index (κ2) is 6.89. The molecule has 2 aromatic rings. The first kappa shape index (κ1) is 19.5. The van der Waals surface area contributed by atoms with Crippen molar-refractivity contribution < 1.29 is 22.5 Å². The molecule has 3 heterocycles. The minimum atomic E-state index is -3.81. The van der Waals surface area contributed by atoms with Crippen molar-refractivity contribution in [2.45, 2.75) is 38.0 Å². The summed E-state index contributed by atoms with van der Waals surface area (Å²) in [6, 6.07) is 3.08. The zero-order valence-corrected chi connectivity index (χ0v) is 17.1. The van der Waals surface area contributed by atoms with Crippen LogP contribution in [0.25, 0.3) is 11.6 Å². The van der Waals surface area contributed by atoms with Crippen molar-refractivity contribution >= 4 is 33.4 Å². The number of anilines is 1. The average molecular weight is 414 g/mol. The summed E-state index contributed by atoms with van der Waals surface area (Å²) in [4.78, 5) is 16.1. The normalized spacial score (nSPS) is 18.4. The number of hydrogen-bond acceptors (Lipinski definition) is 5. The number of fused-ring (bicyclic) bond motifs is 3. The third-order valence-electron chi connectivity index (χ3n) is 5.48. The fourth-order valence-electron chi connectivity index (χ4n) is 4.03. The fraction of sp³-hybridized carbons (Fsp3) is 0.286. The highest BCUT2D eigenvalue weighted by molar-refractivity contribution is 7.86. The van der Waals surface area contributed by atoms with Crippen molar-refractivity contribution in [2.75, 3.05) is 11.9 Å². The fourth-order valence-corrected chi connectivity index (χ4v) is 5.20. The number of aromatic nitrogens is 1. The number of allylic oxidation sites excluding steroid dienone is 1. The Hall–Kier alpha value is -2.84. The molecule has 0 saturated heterocycles. The van der Waals surface area contributed by atoms with Gasteiger partial charge in [0.25, 0.3) is 16.0 Å². The summed E-state index contributed by atoms with van der Waals surface area (Å²) in [6.45, 7) is 7.49. The topological polar surface area (TPSA) is 108 Å². The first-order valence-corrected chi connectivity index (χ1v) is 10.7. The van der Waals surface area contributed by atoms with E-state index < -0.39 is 10.1 Å². The summed E-state index contributed by atoms with van der Waals surface area (Å²) in [5.74, 6) is -0.140. The predicted molar refractivity (Wildman–Crippen MR) is 110 cm³/mol. The molecule has 2 aliphatic heterocycles. The van der Waals surface area contributed by atoms with Gasteiger partial charge in [0, 0.05) is 29.1 Å². The number of nitrogens with one attached hydrogen (secondary N) is 2. The van der Waals surface area contributed by atoms with E-state index in [2.05, 4.69) is 16.9 Å². The molecule has 3 N–H and O–H groups in total. The Morgan fingerprint density at radius 2 is 2.10 bits per heavy atom. The quantitative estimate of drug-likeness (QED) is 0.404. The van der Waals surface area contributed by atoms with E-state index in [0.29, 0.717) is 41.6 Å². The van der Waals surface area contributed by atoms with Gasteiger partial charge in [-0.05, 0) is 61.6 Å². The molecule has 152 valence electrons. The molecular formula is C21H22N2O5S. The number of H-pyrrole nitrogens is 1. The lowest BCUT2D eigenvalue weighted by Crippen LogP contribution is -2.19. The van der Waals surface area contributed by atoms with E-state index in [9.17, 15) is 18.3 Å². The van der Waals surface area contributed by atoms with E-state index in [1.54, 1.807) is 12.1 Å². The number of amides is 1. The van der Waals surface area contributed by atoms with Crippen molar-refractivity contribution in [3.8, 4) is 0 Å². The van der Waals surface area contributed by atoms with Crippen LogP contribution in [-0.4, -0.2) is 31.0 Å². The second-order valence-electron chi connectivity index (χ2n) is 7.34. The van der Waals surface area contributed by atoms with Crippen molar-refractivity contribution in [3.63, 3.8) is 0 Å². The molecule has 0 bridgehead atoms. The van der Waals surface area contributed by atoms with Crippen LogP contribution in [-0.2, 0) is 31.9 Å². The van der Waals surface area contributed by atoms with Gasteiger partial charge in [-0.25, -0.2) is 0 Å². The lowest BCUT2D eigenvalue weighted by atomic mass is 9.96. The maximum atomic E-state index is 12.7. The Morgan fingerprint density at radius 1 is 1.34 bits per heavy atom. The molecule has 0 unspecified atom stereocenters. The maximum Gasteiger partial charge on any atom is 0.297 e. The highest BCUT2D eigenvalue weighted by Gasteiger charge is 2.34. The van der Waals surface area contributed by atoms with E-state index in [0.717, 1.165) is 22.5 Å². The molecule has 0 aliphatic carbocycles. The first-order chi connectivity index (χ1) is 13.7. The molecular weight excluding hydrogens is 392 g/mol. The number of aliphatic hydroxyl groups excluding tert-OH is 1. The number of hydrogen-bond donors (Lipinski definition) is 3. The van der Waals surface area contributed by atoms with Crippen LogP contribution in [0.4, 0.5) is 5.69 Å². The average Bonchev–Trinajstić information content (AvgIpc) is 3.09. The van der Waals surface area contributed by atoms with Gasteiger partial charge in [-0.2, -0.15) is 8.42 Å². The summed E-state index contributed by atoms with van der Waals surface area (Å²) in [5, 5.41) is 12.2. The van der Waals surface area contributed by atoms with Gasteiger partial charge in [0.2, 0.25) is 0 Å². The number of benzene rings is 1. The number of carbonyl (C=O) groups is 1. The lowest BCUT2D eigenvalue weighted by Gasteiger charge is -2.19. The lowest BCUT2D eigenvalue weighted by molar-refractivity contribution is -0.110. The third-order valence-corrected chi connectivity index (χ3v) is 6.87. The second-order valence-corrected chi connectivity index (χ2v) is 8.92. The van der Waals surface area contributed by atoms with Gasteiger partial charge in [0.05, 0.1) is 22.8 Å². The molecule has 0 atom stereocenters. The number of carbonyl (C=O) groups excluding carboxylic acids is 1. The van der Waals surface area contributed by atoms with Crippen LogP contribution in [0.15, 0.2) is 29.4 Å². The van der Waals surface area contributed by atoms with E-state index >= 15 is 0 Å². The highest BCUT2D eigenvalue weighted by atomic mass is 32.2. The van der Waals surface area contributed by atoms with E-state index in [1.165, 1.54) is 6.07 Å². The van der Waals surface area contributed by atoms with Crippen LogP contribution in [0.3, 0.4) is 0 Å². The van der Waals surface area contributed by atoms with Gasteiger partial charge in [-0.3, -0.25) is 8.98 Å². The van der Waals surface area contributed by atoms with Crippen LogP contribution in [0.2, 0.25) is 0 Å². The van der Waals surface area contributed by atoms with Crippen molar-refractivity contribution in [2.24, 2.45) is 0 Å². The van der Waals surface area contributed by atoms with Crippen LogP contribution in [0, 0.1) is 13.8 Å². The minimum Gasteiger partial charge on any atom is -0.513 e. The molecule has 1 aromatic heterocycles. The summed E-state index contributed by atoms with van der Waals surface area (Å²) in [6.07, 6.45) is 3.28. The van der Waals surface area contributed by atoms with Gasteiger partial charge >= 0.3 is 0 Å². The summed E-state index contributed by atoms with van der Waals surface area (Å²) < 4.78 is 29.5. The number of rotatable bonds is 4. The van der Waals surface area contributed by atoms with Crippen molar-refractivity contribution in [1.82, 2.24) is 4.98 Å². The molecule has 2 aliphatic rings. The van der Waals surface area contributed by atoms with Gasteiger partial charge in [-0.1, -0.05) is 6.58 Å². The molecule has 8 heteroatoms. The van der Waals surface area contributed by atoms with Gasteiger partial charge < -0.3 is 15.4 Å². The zero-order chi connectivity index (χ0) is 20.9. The highest BCUT2D eigenvalue weighted by Crippen LogP contribution is 2.41. The van der Waals surface area contributed by atoms with Crippen molar-refractivity contribution in [3.05, 3.63) is 58.1 Å². The molecule has 0 radical (unpaired) electrons. The molecule has 4 rings (SSSR count). The Bertz CT molecular complexity index is 1190. The Labute approximate surface area is 169 Å². The molecule has 29 heavy (non-hydrogen) atoms. The Balaban J connectivity index is 1.83. The van der Waals surface area contributed by atoms with E-state index in [4.69, 9.17) is 4.18 Å². The summed E-state index contributed by atoms with van der Waals surface area (Å²) >= 11 is 0. The van der Waals surface area contributed by atoms with Crippen molar-refractivity contribution in [1.29, 1.82) is 0 Å². The monoisotopic (exact) mass is 414 g/mol. The molecule has 7 nitrogen and oxygen atoms in total. The number of aryl methyl sites for hydroxylation is 1. The van der Waals surface area contributed by atoms with Crippen LogP contribution in [0.5, 0.6) is 0 Å². The van der Waals surface area contributed by atoms with Crippen LogP contribution in [0.1, 0.15) is 40.1 Å². The maximum absolute atomic E-state index is 12.7. The largest absolute Gasteiger partial charge is 0.513 e. The zero-order valence-electron chi connectivity index (χ0n) is 16.3. The van der Waals surface area contributed by atoms with Gasteiger partial charge in [-0.15, -0.1) is 0 Å². The predicted octanol–water partition coefficient (Wildman–Crippen LogP) is 3.39. The minimum absolute atomic E-state index is 0.0586. The van der Waals surface area contributed by atoms with E-state index in [1.807, 2.05) is 13.8 Å². The smallest absolute Gasteiger partial charge is 0.297 e. The van der Waals surface area contributed by atoms with Crippen LogP contribution >= 0.6 is 0 Å². The molecule has 0 fully saturated rings. The Morgan fingerprint density at radius 3 is 2.83 bits per heavy atom. The van der Waals surface area contributed by atoms with Crippen LogP contribution < -0.4 is 5.32 Å². The Kier molecular flexibility index (Phi) is 4.63.